The molecule has 1 atom stereocenters. The molecule has 2 aliphatic rings. The molecule has 1 unspecified atom stereocenters. The summed E-state index contributed by atoms with van der Waals surface area (Å²) in [5.74, 6) is -0.785. The molecule has 8 nitrogen and oxygen atoms in total. The summed E-state index contributed by atoms with van der Waals surface area (Å²) in [6.07, 6.45) is 6.38. The van der Waals surface area contributed by atoms with Gasteiger partial charge in [0, 0.05) is 4.88 Å². The maximum absolute atomic E-state index is 12.8. The number of thiophene rings is 1. The zero-order valence-electron chi connectivity index (χ0n) is 15.9. The number of fused-ring (bicyclic) bond motifs is 1. The van der Waals surface area contributed by atoms with Gasteiger partial charge < -0.3 is 15.1 Å². The van der Waals surface area contributed by atoms with Gasteiger partial charge >= 0.3 is 6.03 Å². The Morgan fingerprint density at radius 3 is 2.90 bits per heavy atom. The van der Waals surface area contributed by atoms with E-state index in [-0.39, 0.29) is 0 Å². The molecule has 0 radical (unpaired) electrons. The van der Waals surface area contributed by atoms with E-state index in [0.29, 0.717) is 16.3 Å². The van der Waals surface area contributed by atoms with Crippen molar-refractivity contribution in [3.05, 3.63) is 40.2 Å². The molecule has 2 aromatic heterocycles. The second kappa shape index (κ2) is 7.37. The largest absolute Gasteiger partial charge is 0.466 e. The molecular weight excluding hydrogens is 392 g/mol. The molecule has 0 saturated carbocycles. The van der Waals surface area contributed by atoms with E-state index >= 15 is 0 Å². The summed E-state index contributed by atoms with van der Waals surface area (Å²) in [7, 11) is 0. The molecule has 1 aliphatic carbocycles. The van der Waals surface area contributed by atoms with E-state index in [1.54, 1.807) is 12.1 Å². The van der Waals surface area contributed by atoms with Crippen molar-refractivity contribution in [1.82, 2.24) is 10.2 Å². The van der Waals surface area contributed by atoms with Crippen molar-refractivity contribution >= 4 is 34.2 Å². The number of hydrogen-bond donors (Lipinski definition) is 2. The molecule has 0 spiro atoms. The summed E-state index contributed by atoms with van der Waals surface area (Å²) in [4.78, 5) is 39.7. The Hall–Kier alpha value is -3.12. The Labute approximate surface area is 171 Å². The molecule has 9 heteroatoms. The van der Waals surface area contributed by atoms with Crippen LogP contribution >= 0.6 is 11.3 Å². The second-order valence-corrected chi connectivity index (χ2v) is 8.46. The van der Waals surface area contributed by atoms with Crippen LogP contribution in [-0.2, 0) is 28.0 Å². The van der Waals surface area contributed by atoms with Crippen molar-refractivity contribution in [3.8, 4) is 6.07 Å². The highest BCUT2D eigenvalue weighted by Gasteiger charge is 2.51. The molecule has 29 heavy (non-hydrogen) atoms. The van der Waals surface area contributed by atoms with Crippen molar-refractivity contribution < 1.29 is 18.8 Å². The van der Waals surface area contributed by atoms with Gasteiger partial charge in [-0.2, -0.15) is 5.26 Å². The maximum Gasteiger partial charge on any atom is 0.325 e. The average Bonchev–Trinajstić information content (AvgIpc) is 3.34. The first-order valence-corrected chi connectivity index (χ1v) is 10.3. The number of furan rings is 1. The Morgan fingerprint density at radius 2 is 2.17 bits per heavy atom. The topological polar surface area (TPSA) is 115 Å². The van der Waals surface area contributed by atoms with Gasteiger partial charge in [-0.15, -0.1) is 11.3 Å². The number of imide groups is 1. The average molecular weight is 412 g/mol. The van der Waals surface area contributed by atoms with E-state index in [9.17, 15) is 19.6 Å². The van der Waals surface area contributed by atoms with Crippen LogP contribution in [0.1, 0.15) is 48.0 Å². The van der Waals surface area contributed by atoms with E-state index in [1.165, 1.54) is 24.5 Å². The van der Waals surface area contributed by atoms with E-state index in [1.807, 2.05) is 0 Å². The van der Waals surface area contributed by atoms with Crippen molar-refractivity contribution in [3.63, 3.8) is 0 Å². The predicted octanol–water partition coefficient (Wildman–Crippen LogP) is 2.89. The molecule has 4 rings (SSSR count). The van der Waals surface area contributed by atoms with Crippen molar-refractivity contribution in [1.29, 1.82) is 5.26 Å². The maximum atomic E-state index is 12.8. The Kier molecular flexibility index (Phi) is 4.88. The van der Waals surface area contributed by atoms with Gasteiger partial charge in [-0.3, -0.25) is 14.5 Å². The first-order valence-electron chi connectivity index (χ1n) is 9.46. The Morgan fingerprint density at radius 1 is 1.38 bits per heavy atom. The molecule has 3 heterocycles. The predicted molar refractivity (Wildman–Crippen MR) is 105 cm³/mol. The first-order chi connectivity index (χ1) is 13.9. The summed E-state index contributed by atoms with van der Waals surface area (Å²) in [5.41, 5.74) is 0.169. The quantitative estimate of drug-likeness (QED) is 0.592. The summed E-state index contributed by atoms with van der Waals surface area (Å²) in [5, 5.41) is 15.4. The fourth-order valence-corrected chi connectivity index (χ4v) is 5.09. The number of urea groups is 1. The number of amides is 4. The normalized spacial score (nSPS) is 21.3. The lowest BCUT2D eigenvalue weighted by atomic mass is 9.99. The number of carbonyl (C=O) groups excluding carboxylic acids is 3. The highest BCUT2D eigenvalue weighted by atomic mass is 32.1. The van der Waals surface area contributed by atoms with Crippen LogP contribution < -0.4 is 10.6 Å². The molecule has 2 N–H and O–H groups in total. The number of hydrogen-bond acceptors (Lipinski definition) is 6. The molecule has 150 valence electrons. The summed E-state index contributed by atoms with van der Waals surface area (Å²) in [6, 6.07) is 4.76. The molecule has 2 aromatic rings. The van der Waals surface area contributed by atoms with Crippen molar-refractivity contribution in [2.45, 2.75) is 44.6 Å². The number of nitrogens with zero attached hydrogens (tertiary/aromatic N) is 2. The number of aryl methyl sites for hydroxylation is 1. The van der Waals surface area contributed by atoms with Gasteiger partial charge in [0.25, 0.3) is 5.91 Å². The van der Waals surface area contributed by atoms with Gasteiger partial charge in [0.2, 0.25) is 5.91 Å². The van der Waals surface area contributed by atoms with Gasteiger partial charge in [0.05, 0.1) is 11.8 Å². The minimum atomic E-state index is -1.35. The second-order valence-electron chi connectivity index (χ2n) is 7.35. The molecular formula is C20H20N4O4S. The zero-order valence-corrected chi connectivity index (χ0v) is 16.7. The molecule has 0 bridgehead atoms. The van der Waals surface area contributed by atoms with Crippen molar-refractivity contribution in [2.24, 2.45) is 0 Å². The monoisotopic (exact) mass is 412 g/mol. The van der Waals surface area contributed by atoms with Crippen molar-refractivity contribution in [2.75, 3.05) is 11.9 Å². The Bertz CT molecular complexity index is 1020. The molecule has 1 saturated heterocycles. The Balaban J connectivity index is 1.50. The van der Waals surface area contributed by atoms with Gasteiger partial charge in [-0.1, -0.05) is 6.42 Å². The minimum absolute atomic E-state index is 0.299. The standard InChI is InChI=1S/C20H20N4O4S/c1-20(15-8-5-9-28-15)18(26)24(19(27)23-20)11-16(25)22-17-13(10-21)12-6-3-2-4-7-14(12)29-17/h5,8-9H,2-4,6-7,11H2,1H3,(H,22,25)(H,23,27). The van der Waals surface area contributed by atoms with E-state index < -0.39 is 29.9 Å². The third-order valence-electron chi connectivity index (χ3n) is 5.38. The number of anilines is 1. The summed E-state index contributed by atoms with van der Waals surface area (Å²) in [6.45, 7) is 1.10. The summed E-state index contributed by atoms with van der Waals surface area (Å²) < 4.78 is 5.28. The van der Waals surface area contributed by atoms with E-state index in [0.717, 1.165) is 47.4 Å². The lowest BCUT2D eigenvalue weighted by molar-refractivity contribution is -0.134. The van der Waals surface area contributed by atoms with Gasteiger partial charge in [0.15, 0.2) is 5.54 Å². The van der Waals surface area contributed by atoms with Crippen LogP contribution in [0.3, 0.4) is 0 Å². The summed E-state index contributed by atoms with van der Waals surface area (Å²) >= 11 is 1.41. The minimum Gasteiger partial charge on any atom is -0.466 e. The van der Waals surface area contributed by atoms with Gasteiger partial charge in [0.1, 0.15) is 23.4 Å². The third kappa shape index (κ3) is 3.29. The SMILES string of the molecule is CC1(c2ccco2)NC(=O)N(CC(=O)Nc2sc3c(c2C#N)CCCCC3)C1=O. The first kappa shape index (κ1) is 19.2. The molecule has 0 aromatic carbocycles. The van der Waals surface area contributed by atoms with E-state index in [2.05, 4.69) is 16.7 Å². The fraction of sp³-hybridized carbons (Fsp3) is 0.400. The molecule has 1 aliphatic heterocycles. The molecule has 4 amide bonds. The van der Waals surface area contributed by atoms with E-state index in [4.69, 9.17) is 4.42 Å². The lowest BCUT2D eigenvalue weighted by Crippen LogP contribution is -2.41. The van der Waals surface area contributed by atoms with Crippen LogP contribution in [0.25, 0.3) is 0 Å². The zero-order chi connectivity index (χ0) is 20.6. The smallest absolute Gasteiger partial charge is 0.325 e. The number of rotatable bonds is 4. The van der Waals surface area contributed by atoms with Crippen LogP contribution in [0.4, 0.5) is 9.80 Å². The van der Waals surface area contributed by atoms with Gasteiger partial charge in [-0.25, -0.2) is 4.79 Å². The van der Waals surface area contributed by atoms with Crippen LogP contribution in [0, 0.1) is 11.3 Å². The van der Waals surface area contributed by atoms with Crippen LogP contribution in [0.2, 0.25) is 0 Å². The van der Waals surface area contributed by atoms with Crippen LogP contribution in [0.5, 0.6) is 0 Å². The fourth-order valence-electron chi connectivity index (χ4n) is 3.83. The highest BCUT2D eigenvalue weighted by Crippen LogP contribution is 2.37. The molecule has 1 fully saturated rings. The number of carbonyl (C=O) groups is 3. The number of nitrogens with one attached hydrogen (secondary N) is 2. The number of nitriles is 1. The third-order valence-corrected chi connectivity index (χ3v) is 6.58. The van der Waals surface area contributed by atoms with Crippen LogP contribution in [0.15, 0.2) is 22.8 Å². The van der Waals surface area contributed by atoms with Gasteiger partial charge in [-0.05, 0) is 50.3 Å². The van der Waals surface area contributed by atoms with Crippen LogP contribution in [-0.4, -0.2) is 29.3 Å². The highest BCUT2D eigenvalue weighted by molar-refractivity contribution is 7.16. The lowest BCUT2D eigenvalue weighted by Gasteiger charge is -2.18.